The molecule has 1 N–H and O–H groups in total. The van der Waals surface area contributed by atoms with Crippen LogP contribution in [-0.4, -0.2) is 62.5 Å². The third-order valence-corrected chi connectivity index (χ3v) is 5.02. The summed E-state index contributed by atoms with van der Waals surface area (Å²) in [6.45, 7) is 4.28. The summed E-state index contributed by atoms with van der Waals surface area (Å²) >= 11 is 0. The van der Waals surface area contributed by atoms with Crippen molar-refractivity contribution in [3.63, 3.8) is 0 Å². The Kier molecular flexibility index (Phi) is 8.24. The minimum atomic E-state index is -0.418. The minimum Gasteiger partial charge on any atom is -0.493 e. The molecule has 2 aromatic rings. The number of hydrogen-bond acceptors (Lipinski definition) is 5. The number of hydrogen-bond donors (Lipinski definition) is 1. The van der Waals surface area contributed by atoms with Crippen molar-refractivity contribution in [1.29, 1.82) is 0 Å². The van der Waals surface area contributed by atoms with Gasteiger partial charge >= 0.3 is 0 Å². The van der Waals surface area contributed by atoms with Gasteiger partial charge in [0.2, 0.25) is 11.8 Å². The van der Waals surface area contributed by atoms with Crippen LogP contribution in [0.5, 0.6) is 11.5 Å². The Morgan fingerprint density at radius 2 is 1.70 bits per heavy atom. The monoisotopic (exact) mass is 413 g/mol. The Morgan fingerprint density at radius 3 is 2.30 bits per heavy atom. The lowest BCUT2D eigenvalue weighted by molar-refractivity contribution is -0.137. The highest BCUT2D eigenvalue weighted by atomic mass is 16.5. The third-order valence-electron chi connectivity index (χ3n) is 5.02. The first kappa shape index (κ1) is 23.2. The standard InChI is InChI=1S/C23H31N3O4/c1-16-10-12-19(13-11-16)24-21(27)15-26(4)23(28)17(2)25(3)14-18-8-7-9-20(29-5)22(18)30-6/h7-13,17H,14-15H2,1-6H3,(H,24,27)/t17-/m1/s1. The van der Waals surface area contributed by atoms with E-state index in [1.807, 2.05) is 68.3 Å². The molecule has 0 saturated carbocycles. The minimum absolute atomic E-state index is 0.0205. The molecule has 0 unspecified atom stereocenters. The molecule has 1 atom stereocenters. The molecule has 2 rings (SSSR count). The second-order valence-corrected chi connectivity index (χ2v) is 7.35. The highest BCUT2D eigenvalue weighted by molar-refractivity contribution is 5.95. The average molecular weight is 414 g/mol. The lowest BCUT2D eigenvalue weighted by Crippen LogP contribution is -2.46. The molecule has 0 aliphatic heterocycles. The molecule has 0 aromatic heterocycles. The predicted molar refractivity (Wildman–Crippen MR) is 118 cm³/mol. The van der Waals surface area contributed by atoms with E-state index in [1.54, 1.807) is 21.3 Å². The molecule has 0 spiro atoms. The van der Waals surface area contributed by atoms with E-state index < -0.39 is 6.04 Å². The van der Waals surface area contributed by atoms with Crippen molar-refractivity contribution in [3.05, 3.63) is 53.6 Å². The van der Waals surface area contributed by atoms with Crippen molar-refractivity contribution in [2.45, 2.75) is 26.4 Å². The molecule has 0 radical (unpaired) electrons. The molecule has 0 saturated heterocycles. The number of rotatable bonds is 9. The van der Waals surface area contributed by atoms with Gasteiger partial charge in [0.05, 0.1) is 26.8 Å². The molecule has 0 bridgehead atoms. The first-order chi connectivity index (χ1) is 14.3. The molecule has 162 valence electrons. The van der Waals surface area contributed by atoms with Gasteiger partial charge in [-0.25, -0.2) is 0 Å². The summed E-state index contributed by atoms with van der Waals surface area (Å²) in [5.74, 6) is 0.919. The zero-order chi connectivity index (χ0) is 22.3. The maximum atomic E-state index is 12.8. The Morgan fingerprint density at radius 1 is 1.03 bits per heavy atom. The summed E-state index contributed by atoms with van der Waals surface area (Å²) in [4.78, 5) is 28.5. The average Bonchev–Trinajstić information content (AvgIpc) is 2.73. The van der Waals surface area contributed by atoms with Crippen LogP contribution in [0.25, 0.3) is 0 Å². The largest absolute Gasteiger partial charge is 0.493 e. The molecular weight excluding hydrogens is 382 g/mol. The Labute approximate surface area is 178 Å². The number of ether oxygens (including phenoxy) is 2. The van der Waals surface area contributed by atoms with E-state index in [4.69, 9.17) is 9.47 Å². The quantitative estimate of drug-likeness (QED) is 0.684. The van der Waals surface area contributed by atoms with Crippen LogP contribution in [0.3, 0.4) is 0 Å². The molecule has 2 amide bonds. The summed E-state index contributed by atoms with van der Waals surface area (Å²) < 4.78 is 10.8. The number of carbonyl (C=O) groups excluding carboxylic acids is 2. The number of likely N-dealkylation sites (N-methyl/N-ethyl adjacent to an activating group) is 2. The number of aryl methyl sites for hydroxylation is 1. The Hall–Kier alpha value is -3.06. The zero-order valence-corrected chi connectivity index (χ0v) is 18.6. The molecule has 0 heterocycles. The summed E-state index contributed by atoms with van der Waals surface area (Å²) in [6.07, 6.45) is 0. The van der Waals surface area contributed by atoms with Crippen molar-refractivity contribution in [2.24, 2.45) is 0 Å². The molecule has 7 nitrogen and oxygen atoms in total. The summed E-state index contributed by atoms with van der Waals surface area (Å²) in [5, 5.41) is 2.81. The topological polar surface area (TPSA) is 71.1 Å². The summed E-state index contributed by atoms with van der Waals surface area (Å²) in [5.41, 5.74) is 2.74. The number of anilines is 1. The number of amides is 2. The Bertz CT molecular complexity index is 867. The number of methoxy groups -OCH3 is 2. The van der Waals surface area contributed by atoms with Crippen molar-refractivity contribution in [3.8, 4) is 11.5 Å². The highest BCUT2D eigenvalue weighted by Crippen LogP contribution is 2.31. The van der Waals surface area contributed by atoms with Crippen LogP contribution >= 0.6 is 0 Å². The molecule has 30 heavy (non-hydrogen) atoms. The van der Waals surface area contributed by atoms with Crippen LogP contribution < -0.4 is 14.8 Å². The number of nitrogens with one attached hydrogen (secondary N) is 1. The number of benzene rings is 2. The normalized spacial score (nSPS) is 11.7. The van der Waals surface area contributed by atoms with E-state index in [9.17, 15) is 9.59 Å². The van der Waals surface area contributed by atoms with Gasteiger partial charge in [-0.3, -0.25) is 14.5 Å². The maximum Gasteiger partial charge on any atom is 0.243 e. The van der Waals surface area contributed by atoms with Gasteiger partial charge in [0.25, 0.3) is 0 Å². The fourth-order valence-corrected chi connectivity index (χ4v) is 3.12. The van der Waals surface area contributed by atoms with Crippen LogP contribution in [-0.2, 0) is 16.1 Å². The molecule has 0 aliphatic carbocycles. The van der Waals surface area contributed by atoms with Gasteiger partial charge in [0, 0.05) is 24.8 Å². The van der Waals surface area contributed by atoms with Crippen molar-refractivity contribution in [1.82, 2.24) is 9.80 Å². The highest BCUT2D eigenvalue weighted by Gasteiger charge is 2.24. The van der Waals surface area contributed by atoms with Gasteiger partial charge < -0.3 is 19.7 Å². The van der Waals surface area contributed by atoms with Gasteiger partial charge in [-0.15, -0.1) is 0 Å². The lowest BCUT2D eigenvalue weighted by atomic mass is 10.1. The third kappa shape index (κ3) is 5.97. The first-order valence-electron chi connectivity index (χ1n) is 9.78. The zero-order valence-electron chi connectivity index (χ0n) is 18.6. The number of carbonyl (C=O) groups is 2. The second-order valence-electron chi connectivity index (χ2n) is 7.35. The van der Waals surface area contributed by atoms with Crippen molar-refractivity contribution < 1.29 is 19.1 Å². The molecular formula is C23H31N3O4. The van der Waals surface area contributed by atoms with E-state index in [1.165, 1.54) is 4.90 Å². The van der Waals surface area contributed by atoms with Crippen molar-refractivity contribution in [2.75, 3.05) is 40.2 Å². The van der Waals surface area contributed by atoms with Gasteiger partial charge in [-0.1, -0.05) is 29.8 Å². The SMILES string of the molecule is COc1cccc(CN(C)[C@H](C)C(=O)N(C)CC(=O)Nc2ccc(C)cc2)c1OC. The van der Waals surface area contributed by atoms with Crippen LogP contribution in [0.15, 0.2) is 42.5 Å². The maximum absolute atomic E-state index is 12.8. The first-order valence-corrected chi connectivity index (χ1v) is 9.78. The van der Waals surface area contributed by atoms with E-state index in [0.29, 0.717) is 23.7 Å². The van der Waals surface area contributed by atoms with Crippen LogP contribution in [0.2, 0.25) is 0 Å². The van der Waals surface area contributed by atoms with Gasteiger partial charge in [-0.05, 0) is 39.1 Å². The Balaban J connectivity index is 1.96. The van der Waals surface area contributed by atoms with Crippen LogP contribution in [0, 0.1) is 6.92 Å². The van der Waals surface area contributed by atoms with Crippen LogP contribution in [0.4, 0.5) is 5.69 Å². The van der Waals surface area contributed by atoms with Gasteiger partial charge in [0.1, 0.15) is 0 Å². The number of para-hydroxylation sites is 1. The summed E-state index contributed by atoms with van der Waals surface area (Å²) in [7, 11) is 6.68. The molecule has 7 heteroatoms. The smallest absolute Gasteiger partial charge is 0.243 e. The lowest BCUT2D eigenvalue weighted by Gasteiger charge is -2.28. The van der Waals surface area contributed by atoms with Crippen LogP contribution in [0.1, 0.15) is 18.1 Å². The predicted octanol–water partition coefficient (Wildman–Crippen LogP) is 2.93. The molecule has 0 aliphatic rings. The summed E-state index contributed by atoms with van der Waals surface area (Å²) in [6, 6.07) is 12.8. The fraction of sp³-hybridized carbons (Fsp3) is 0.391. The van der Waals surface area contributed by atoms with Crippen molar-refractivity contribution >= 4 is 17.5 Å². The number of nitrogens with zero attached hydrogens (tertiary/aromatic N) is 2. The van der Waals surface area contributed by atoms with Gasteiger partial charge in [-0.2, -0.15) is 0 Å². The fourth-order valence-electron chi connectivity index (χ4n) is 3.12. The second kappa shape index (κ2) is 10.6. The van der Waals surface area contributed by atoms with E-state index in [-0.39, 0.29) is 18.4 Å². The van der Waals surface area contributed by atoms with E-state index >= 15 is 0 Å². The van der Waals surface area contributed by atoms with E-state index in [2.05, 4.69) is 5.32 Å². The molecule has 0 fully saturated rings. The molecule has 2 aromatic carbocycles. The van der Waals surface area contributed by atoms with Gasteiger partial charge in [0.15, 0.2) is 11.5 Å². The van der Waals surface area contributed by atoms with E-state index in [0.717, 1.165) is 11.1 Å².